The summed E-state index contributed by atoms with van der Waals surface area (Å²) in [7, 11) is 0. The van der Waals surface area contributed by atoms with Gasteiger partial charge in [0, 0.05) is 12.3 Å². The van der Waals surface area contributed by atoms with Gasteiger partial charge in [-0.3, -0.25) is 0 Å². The van der Waals surface area contributed by atoms with E-state index in [0.717, 1.165) is 6.92 Å². The van der Waals surface area contributed by atoms with Crippen molar-refractivity contribution in [2.75, 3.05) is 16.0 Å². The van der Waals surface area contributed by atoms with Gasteiger partial charge in [-0.05, 0) is 54.0 Å². The van der Waals surface area contributed by atoms with Gasteiger partial charge in [0.05, 0.1) is 17.7 Å². The Bertz CT molecular complexity index is 1230. The van der Waals surface area contributed by atoms with Crippen LogP contribution in [0.2, 0.25) is 0 Å². The fraction of sp³-hybridized carbons (Fsp3) is 0.522. The molecule has 0 fully saturated rings. The quantitative estimate of drug-likeness (QED) is 0.131. The molecule has 1 N–H and O–H groups in total. The van der Waals surface area contributed by atoms with Gasteiger partial charge in [0.1, 0.15) is 22.8 Å². The molecular weight excluding hydrogens is 719 g/mol. The van der Waals surface area contributed by atoms with E-state index in [-0.39, 0.29) is 43.0 Å². The van der Waals surface area contributed by atoms with Crippen LogP contribution in [0.1, 0.15) is 54.2 Å². The maximum atomic E-state index is 13.5. The van der Waals surface area contributed by atoms with E-state index in [4.69, 9.17) is 4.74 Å². The van der Waals surface area contributed by atoms with Crippen LogP contribution >= 0.6 is 22.6 Å². The van der Waals surface area contributed by atoms with E-state index in [0.29, 0.717) is 15.9 Å². The van der Waals surface area contributed by atoms with Gasteiger partial charge >= 0.3 is 24.7 Å². The van der Waals surface area contributed by atoms with Gasteiger partial charge in [-0.25, -0.2) is 15.0 Å². The van der Waals surface area contributed by atoms with E-state index in [1.807, 2.05) is 22.6 Å². The minimum Gasteiger partial charge on any atom is -0.373 e. The summed E-state index contributed by atoms with van der Waals surface area (Å²) in [6.45, 7) is 0.892. The number of nitrogens with zero attached hydrogens (tertiary/aromatic N) is 4. The van der Waals surface area contributed by atoms with E-state index in [9.17, 15) is 57.8 Å². The highest BCUT2D eigenvalue weighted by Gasteiger charge is 2.46. The lowest BCUT2D eigenvalue weighted by Crippen LogP contribution is -2.38. The van der Waals surface area contributed by atoms with Gasteiger partial charge in [-0.1, -0.05) is 22.6 Å². The summed E-state index contributed by atoms with van der Waals surface area (Å²) in [4.78, 5) is 5.20. The van der Waals surface area contributed by atoms with Gasteiger partial charge in [0.25, 0.3) is 0 Å². The number of ether oxygens (including phenoxy) is 1. The number of halogens is 13. The van der Waals surface area contributed by atoms with Crippen LogP contribution in [0.15, 0.2) is 29.4 Å². The number of unbranched alkanes of at least 4 members (excludes halogenated alkanes) is 1. The summed E-state index contributed by atoms with van der Waals surface area (Å²) >= 11 is 2.01. The zero-order valence-electron chi connectivity index (χ0n) is 20.9. The number of hydrogen-bond donors (Lipinski definition) is 1. The third kappa shape index (κ3) is 7.94. The number of pyridine rings is 2. The fourth-order valence-electron chi connectivity index (χ4n) is 4.01. The van der Waals surface area contributed by atoms with Crippen molar-refractivity contribution < 1.29 is 62.5 Å². The average molecular weight is 738 g/mol. The standard InChI is InChI=1S/C23H19F12IN4O2/c1-10-17(19(41)40(39-10)12-8-15(22(30,31)32)38-16(9-12)23(33,34)35)18(42-5-3-2-4-36)11-6-13(20(24,25)26)37-14(7-11)21(27,28)29/h6-9,17-19,41H,2-5H2,1H3. The van der Waals surface area contributed by atoms with Gasteiger partial charge < -0.3 is 9.84 Å². The molecule has 0 bridgehead atoms. The van der Waals surface area contributed by atoms with E-state index in [1.54, 1.807) is 0 Å². The van der Waals surface area contributed by atoms with Crippen molar-refractivity contribution in [2.24, 2.45) is 11.0 Å². The van der Waals surface area contributed by atoms with Crippen molar-refractivity contribution in [3.05, 3.63) is 52.6 Å². The molecule has 3 atom stereocenters. The maximum Gasteiger partial charge on any atom is 0.433 e. The van der Waals surface area contributed by atoms with E-state index >= 15 is 0 Å². The number of hydrogen-bond acceptors (Lipinski definition) is 6. The SMILES string of the molecule is CC1=NN(c2cc(C(F)(F)F)nc(C(F)(F)F)c2)C(O)C1C(OCCCCI)c1cc(C(F)(F)F)nc(C(F)(F)F)c1. The van der Waals surface area contributed by atoms with Crippen molar-refractivity contribution in [1.82, 2.24) is 9.97 Å². The van der Waals surface area contributed by atoms with Crippen LogP contribution in [0.4, 0.5) is 58.4 Å². The molecule has 0 aliphatic carbocycles. The zero-order valence-corrected chi connectivity index (χ0v) is 23.1. The predicted molar refractivity (Wildman–Crippen MR) is 130 cm³/mol. The van der Waals surface area contributed by atoms with Crippen molar-refractivity contribution in [3.8, 4) is 0 Å². The molecule has 0 aromatic carbocycles. The van der Waals surface area contributed by atoms with Gasteiger partial charge in [0.15, 0.2) is 6.23 Å². The molecule has 19 heteroatoms. The molecule has 0 spiro atoms. The van der Waals surface area contributed by atoms with Crippen LogP contribution in [0, 0.1) is 5.92 Å². The molecule has 0 saturated heterocycles. The number of rotatable bonds is 8. The first-order valence-electron chi connectivity index (χ1n) is 11.7. The molecule has 1 aliphatic rings. The van der Waals surface area contributed by atoms with Gasteiger partial charge in [-0.2, -0.15) is 57.8 Å². The summed E-state index contributed by atoms with van der Waals surface area (Å²) in [5.74, 6) is -1.63. The number of alkyl halides is 13. The molecule has 0 saturated carbocycles. The first kappa shape index (κ1) is 34.1. The Morgan fingerprint density at radius 2 is 1.21 bits per heavy atom. The molecule has 1 aliphatic heterocycles. The monoisotopic (exact) mass is 738 g/mol. The number of aromatic nitrogens is 2. The average Bonchev–Trinajstić information content (AvgIpc) is 3.15. The topological polar surface area (TPSA) is 70.8 Å². The third-order valence-corrected chi connectivity index (χ3v) is 6.65. The molecule has 42 heavy (non-hydrogen) atoms. The van der Waals surface area contributed by atoms with Gasteiger partial charge in [0.2, 0.25) is 0 Å². The van der Waals surface area contributed by atoms with E-state index in [1.165, 1.54) is 0 Å². The summed E-state index contributed by atoms with van der Waals surface area (Å²) in [6, 6.07) is 0.835. The molecule has 6 nitrogen and oxygen atoms in total. The molecule has 2 aromatic rings. The second-order valence-corrected chi connectivity index (χ2v) is 10.0. The molecular formula is C23H19F12IN4O2. The number of anilines is 1. The highest BCUT2D eigenvalue weighted by atomic mass is 127. The number of aliphatic hydroxyl groups is 1. The second-order valence-electron chi connectivity index (χ2n) is 8.97. The molecule has 3 heterocycles. The summed E-state index contributed by atoms with van der Waals surface area (Å²) < 4.78 is 167. The maximum absolute atomic E-state index is 13.5. The highest BCUT2D eigenvalue weighted by Crippen LogP contribution is 2.43. The third-order valence-electron chi connectivity index (χ3n) is 5.88. The molecule has 2 aromatic heterocycles. The van der Waals surface area contributed by atoms with Crippen LogP contribution in [-0.4, -0.2) is 38.0 Å². The van der Waals surface area contributed by atoms with E-state index in [2.05, 4.69) is 15.1 Å². The lowest BCUT2D eigenvalue weighted by atomic mass is 9.90. The Morgan fingerprint density at radius 1 is 0.786 bits per heavy atom. The van der Waals surface area contributed by atoms with Crippen molar-refractivity contribution in [1.29, 1.82) is 0 Å². The molecule has 3 unspecified atom stereocenters. The Kier molecular flexibility index (Phi) is 9.97. The number of aliphatic hydroxyl groups excluding tert-OH is 1. The molecule has 3 rings (SSSR count). The Balaban J connectivity index is 2.14. The van der Waals surface area contributed by atoms with Crippen molar-refractivity contribution >= 4 is 34.0 Å². The second kappa shape index (κ2) is 12.3. The summed E-state index contributed by atoms with van der Waals surface area (Å²) in [5, 5.41) is 15.2. The van der Waals surface area contributed by atoms with E-state index < -0.39 is 77.0 Å². The molecule has 0 radical (unpaired) electrons. The minimum absolute atomic E-state index is 0.157. The fourth-order valence-corrected chi connectivity index (χ4v) is 4.55. The van der Waals surface area contributed by atoms with Crippen LogP contribution in [0.5, 0.6) is 0 Å². The highest BCUT2D eigenvalue weighted by molar-refractivity contribution is 14.1. The Labute approximate surface area is 242 Å². The summed E-state index contributed by atoms with van der Waals surface area (Å²) in [6.07, 6.45) is -24.6. The van der Waals surface area contributed by atoms with Crippen LogP contribution in [0.25, 0.3) is 0 Å². The molecule has 0 amide bonds. The predicted octanol–water partition coefficient (Wildman–Crippen LogP) is 7.66. The smallest absolute Gasteiger partial charge is 0.373 e. The Hall–Kier alpha value is -2.42. The normalized spacial score (nSPS) is 19.3. The first-order chi connectivity index (χ1) is 19.1. The van der Waals surface area contributed by atoms with Crippen LogP contribution in [0.3, 0.4) is 0 Å². The lowest BCUT2D eigenvalue weighted by Gasteiger charge is -2.30. The van der Waals surface area contributed by atoms with Crippen molar-refractivity contribution in [2.45, 2.75) is 56.8 Å². The summed E-state index contributed by atoms with van der Waals surface area (Å²) in [5.41, 5.74) is -9.80. The Morgan fingerprint density at radius 3 is 1.62 bits per heavy atom. The first-order valence-corrected chi connectivity index (χ1v) is 13.2. The van der Waals surface area contributed by atoms with Crippen LogP contribution in [-0.2, 0) is 29.4 Å². The zero-order chi connectivity index (χ0) is 31.8. The minimum atomic E-state index is -5.36. The largest absolute Gasteiger partial charge is 0.433 e. The molecule has 234 valence electrons. The van der Waals surface area contributed by atoms with Crippen LogP contribution < -0.4 is 5.01 Å². The lowest BCUT2D eigenvalue weighted by molar-refractivity contribution is -0.151. The van der Waals surface area contributed by atoms with Gasteiger partial charge in [-0.15, -0.1) is 0 Å². The van der Waals surface area contributed by atoms with Crippen molar-refractivity contribution in [3.63, 3.8) is 0 Å². The number of hydrazone groups is 1.